The zero-order valence-electron chi connectivity index (χ0n) is 21.8. The number of hydrogen-bond donors (Lipinski definition) is 2. The van der Waals surface area contributed by atoms with Crippen molar-refractivity contribution in [1.82, 2.24) is 34.5 Å². The van der Waals surface area contributed by atoms with E-state index in [4.69, 9.17) is 39.8 Å². The summed E-state index contributed by atoms with van der Waals surface area (Å²) >= 11 is 19.0. The highest BCUT2D eigenvalue weighted by Gasteiger charge is 2.36. The molecule has 1 amide bonds. The number of halogens is 4. The number of fused-ring (bicyclic) bond motifs is 2. The fourth-order valence-electron chi connectivity index (χ4n) is 5.75. The van der Waals surface area contributed by atoms with Gasteiger partial charge in [0.2, 0.25) is 11.9 Å². The Morgan fingerprint density at radius 3 is 2.64 bits per heavy atom. The molecule has 5 aromatic rings. The van der Waals surface area contributed by atoms with Gasteiger partial charge >= 0.3 is 0 Å². The molecule has 2 aliphatic rings. The van der Waals surface area contributed by atoms with Crippen molar-refractivity contribution < 1.29 is 9.18 Å². The lowest BCUT2D eigenvalue weighted by Gasteiger charge is -2.19. The molecule has 0 saturated heterocycles. The predicted molar refractivity (Wildman–Crippen MR) is 156 cm³/mol. The first-order valence-corrected chi connectivity index (χ1v) is 14.2. The number of nitrogens with zero attached hydrogens (tertiary/aromatic N) is 6. The molecule has 3 aromatic heterocycles. The normalized spacial score (nSPS) is 17.7. The van der Waals surface area contributed by atoms with Gasteiger partial charge < -0.3 is 10.3 Å². The minimum absolute atomic E-state index is 0.0909. The Labute approximate surface area is 252 Å². The van der Waals surface area contributed by atoms with E-state index in [1.165, 1.54) is 15.3 Å². The maximum Gasteiger partial charge on any atom is 0.254 e. The largest absolute Gasteiger partial charge is 0.338 e. The van der Waals surface area contributed by atoms with Crippen molar-refractivity contribution in [3.63, 3.8) is 0 Å². The summed E-state index contributed by atoms with van der Waals surface area (Å²) in [5, 5.41) is 11.7. The van der Waals surface area contributed by atoms with Crippen LogP contribution in [0, 0.1) is 11.9 Å². The highest BCUT2D eigenvalue weighted by Crippen LogP contribution is 2.40. The van der Waals surface area contributed by atoms with E-state index < -0.39 is 12.0 Å². The van der Waals surface area contributed by atoms with Gasteiger partial charge in [0.1, 0.15) is 17.3 Å². The maximum atomic E-state index is 15.3. The first kappa shape index (κ1) is 26.8. The van der Waals surface area contributed by atoms with Crippen molar-refractivity contribution >= 4 is 46.4 Å². The zero-order valence-corrected chi connectivity index (χ0v) is 24.1. The fourth-order valence-corrected chi connectivity index (χ4v) is 6.41. The molecular formula is C28H20Cl3FN8O2. The number of amides is 1. The summed E-state index contributed by atoms with van der Waals surface area (Å²) in [5.41, 5.74) is 3.14. The monoisotopic (exact) mass is 624 g/mol. The van der Waals surface area contributed by atoms with Crippen LogP contribution in [0.25, 0.3) is 28.2 Å². The lowest BCUT2D eigenvalue weighted by molar-refractivity contribution is -0.116. The van der Waals surface area contributed by atoms with Gasteiger partial charge in [-0.05, 0) is 48.2 Å². The van der Waals surface area contributed by atoms with Gasteiger partial charge in [0.05, 0.1) is 28.6 Å². The van der Waals surface area contributed by atoms with Crippen molar-refractivity contribution in [2.45, 2.75) is 32.2 Å². The van der Waals surface area contributed by atoms with Crippen LogP contribution >= 0.6 is 34.8 Å². The molecule has 0 spiro atoms. The predicted octanol–water partition coefficient (Wildman–Crippen LogP) is 5.65. The van der Waals surface area contributed by atoms with E-state index in [2.05, 4.69) is 25.6 Å². The molecule has 2 atom stereocenters. The van der Waals surface area contributed by atoms with Crippen molar-refractivity contribution in [3.8, 4) is 28.2 Å². The van der Waals surface area contributed by atoms with Gasteiger partial charge in [-0.3, -0.25) is 14.2 Å². The number of carbonyl (C=O) groups is 1. The molecule has 5 heterocycles. The molecule has 14 heteroatoms. The van der Waals surface area contributed by atoms with Gasteiger partial charge in [0.25, 0.3) is 5.56 Å². The van der Waals surface area contributed by atoms with Crippen LogP contribution < -0.4 is 10.9 Å². The van der Waals surface area contributed by atoms with Gasteiger partial charge in [-0.2, -0.15) is 4.39 Å². The Morgan fingerprint density at radius 2 is 1.86 bits per heavy atom. The molecule has 0 radical (unpaired) electrons. The van der Waals surface area contributed by atoms with Crippen molar-refractivity contribution in [2.24, 2.45) is 5.92 Å². The minimum atomic E-state index is -0.736. The van der Waals surface area contributed by atoms with E-state index in [9.17, 15) is 9.59 Å². The SMILES string of the molecule is C[C@H]1Cc2nc(-c3cc(Cl)ccc3-n3cc(Cl)nn3)cc(=O)n2[C@@H]1c1nc(F)c(-c2ccc3c(c2Cl)CCC(=O)N3)[nH]1. The molecule has 0 fully saturated rings. The third-order valence-electron chi connectivity index (χ3n) is 7.64. The van der Waals surface area contributed by atoms with E-state index in [0.717, 1.165) is 5.56 Å². The quantitative estimate of drug-likeness (QED) is 0.266. The Kier molecular flexibility index (Phi) is 6.41. The molecule has 0 unspecified atom stereocenters. The summed E-state index contributed by atoms with van der Waals surface area (Å²) < 4.78 is 18.4. The highest BCUT2D eigenvalue weighted by atomic mass is 35.5. The second kappa shape index (κ2) is 10.0. The fraction of sp³-hybridized carbons (Fsp3) is 0.214. The van der Waals surface area contributed by atoms with Gasteiger partial charge in [-0.25, -0.2) is 14.6 Å². The summed E-state index contributed by atoms with van der Waals surface area (Å²) in [6, 6.07) is 9.31. The molecular weight excluding hydrogens is 606 g/mol. The molecule has 0 saturated carbocycles. The molecule has 0 bridgehead atoms. The van der Waals surface area contributed by atoms with Crippen LogP contribution in [0.15, 0.2) is 47.4 Å². The van der Waals surface area contributed by atoms with Crippen LogP contribution in [-0.4, -0.2) is 40.4 Å². The van der Waals surface area contributed by atoms with Gasteiger partial charge in [-0.15, -0.1) is 5.10 Å². The van der Waals surface area contributed by atoms with Crippen molar-refractivity contribution in [3.05, 3.63) is 91.3 Å². The Bertz CT molecular complexity index is 1980. The summed E-state index contributed by atoms with van der Waals surface area (Å²) in [7, 11) is 0. The summed E-state index contributed by atoms with van der Waals surface area (Å²) in [4.78, 5) is 37.5. The third-order valence-corrected chi connectivity index (χ3v) is 8.48. The number of aromatic nitrogens is 7. The second-order valence-corrected chi connectivity index (χ2v) is 11.5. The zero-order chi connectivity index (χ0) is 29.3. The van der Waals surface area contributed by atoms with Crippen LogP contribution in [0.4, 0.5) is 10.1 Å². The smallest absolute Gasteiger partial charge is 0.254 e. The molecule has 10 nitrogen and oxygen atoms in total. The van der Waals surface area contributed by atoms with Gasteiger partial charge in [-0.1, -0.05) is 46.9 Å². The number of H-pyrrole nitrogens is 1. The molecule has 2 aliphatic heterocycles. The Balaban J connectivity index is 1.29. The van der Waals surface area contributed by atoms with Gasteiger partial charge in [0, 0.05) is 40.7 Å². The molecule has 2 N–H and O–H groups in total. The van der Waals surface area contributed by atoms with E-state index in [1.54, 1.807) is 36.5 Å². The average molecular weight is 626 g/mol. The topological polar surface area (TPSA) is 123 Å². The number of nitrogens with one attached hydrogen (secondary N) is 2. The Hall–Kier alpha value is -4.06. The average Bonchev–Trinajstić information content (AvgIpc) is 3.64. The Morgan fingerprint density at radius 1 is 1.02 bits per heavy atom. The molecule has 42 heavy (non-hydrogen) atoms. The first-order valence-electron chi connectivity index (χ1n) is 13.1. The minimum Gasteiger partial charge on any atom is -0.338 e. The van der Waals surface area contributed by atoms with Crippen LogP contribution in [-0.2, 0) is 17.6 Å². The van der Waals surface area contributed by atoms with Gasteiger partial charge in [0.15, 0.2) is 5.15 Å². The number of rotatable bonds is 4. The van der Waals surface area contributed by atoms with Crippen molar-refractivity contribution in [2.75, 3.05) is 5.32 Å². The number of imidazole rings is 1. The molecule has 0 aliphatic carbocycles. The summed E-state index contributed by atoms with van der Waals surface area (Å²) in [6.07, 6.45) is 2.74. The van der Waals surface area contributed by atoms with E-state index in [1.807, 2.05) is 6.92 Å². The standard InChI is InChI=1S/C28H20Cl3FN8O2/c1-12-8-21-33-18(16-9-13(29)2-6-19(16)39-11-20(30)37-38-39)10-23(42)40(21)26(12)28-35-25(27(32)36-28)15-3-5-17-14(24(15)31)4-7-22(41)34-17/h2-3,5-6,9-12,26H,4,7-8H2,1H3,(H,34,41)(H,35,36)/t12-,26-/m0/s1. The molecule has 2 aromatic carbocycles. The van der Waals surface area contributed by atoms with E-state index in [-0.39, 0.29) is 34.1 Å². The van der Waals surface area contributed by atoms with Crippen molar-refractivity contribution in [1.29, 1.82) is 0 Å². The number of hydrogen-bond acceptors (Lipinski definition) is 6. The van der Waals surface area contributed by atoms with E-state index in [0.29, 0.717) is 63.3 Å². The van der Waals surface area contributed by atoms with Crippen LogP contribution in [0.5, 0.6) is 0 Å². The summed E-state index contributed by atoms with van der Waals surface area (Å²) in [6.45, 7) is 1.95. The first-order chi connectivity index (χ1) is 20.2. The second-order valence-electron chi connectivity index (χ2n) is 10.3. The summed E-state index contributed by atoms with van der Waals surface area (Å²) in [5.74, 6) is -0.139. The third kappa shape index (κ3) is 4.39. The number of carbonyl (C=O) groups excluding carboxylic acids is 1. The molecule has 212 valence electrons. The number of anilines is 1. The number of aromatic amines is 1. The maximum absolute atomic E-state index is 15.3. The van der Waals surface area contributed by atoms with Crippen LogP contribution in [0.2, 0.25) is 15.2 Å². The lowest BCUT2D eigenvalue weighted by atomic mass is 9.99. The van der Waals surface area contributed by atoms with Crippen LogP contribution in [0.3, 0.4) is 0 Å². The molecule has 7 rings (SSSR count). The van der Waals surface area contributed by atoms with Crippen LogP contribution in [0.1, 0.15) is 36.6 Å². The lowest BCUT2D eigenvalue weighted by Crippen LogP contribution is -2.26. The number of benzene rings is 2. The highest BCUT2D eigenvalue weighted by molar-refractivity contribution is 6.34. The van der Waals surface area contributed by atoms with E-state index >= 15 is 4.39 Å².